The molecule has 1 heterocycles. The first-order valence-corrected chi connectivity index (χ1v) is 12.3. The summed E-state index contributed by atoms with van der Waals surface area (Å²) in [6, 6.07) is 7.53. The highest BCUT2D eigenvalue weighted by Crippen LogP contribution is 2.46. The maximum Gasteiger partial charge on any atom is 0.0895 e. The summed E-state index contributed by atoms with van der Waals surface area (Å²) in [6.07, 6.45) is 8.48. The number of rotatable bonds is 7. The van der Waals surface area contributed by atoms with Crippen molar-refractivity contribution in [1.82, 2.24) is 10.2 Å². The lowest BCUT2D eigenvalue weighted by molar-refractivity contribution is 0.0888. The van der Waals surface area contributed by atoms with Crippen LogP contribution in [0.25, 0.3) is 5.57 Å². The summed E-state index contributed by atoms with van der Waals surface area (Å²) in [5.41, 5.74) is 7.39. The number of piperidine rings is 1. The monoisotopic (exact) mass is 440 g/mol. The number of fused-ring (bicyclic) bond motifs is 1. The van der Waals surface area contributed by atoms with Gasteiger partial charge >= 0.3 is 0 Å². The van der Waals surface area contributed by atoms with Gasteiger partial charge in [-0.3, -0.25) is 0 Å². The van der Waals surface area contributed by atoms with Gasteiger partial charge < -0.3 is 20.4 Å². The highest BCUT2D eigenvalue weighted by Gasteiger charge is 2.37. The average molecular weight is 441 g/mol. The minimum absolute atomic E-state index is 0.183. The summed E-state index contributed by atoms with van der Waals surface area (Å²) < 4.78 is 0. The first-order chi connectivity index (χ1) is 15.1. The molecule has 0 bridgehead atoms. The fourth-order valence-electron chi connectivity index (χ4n) is 5.22. The Morgan fingerprint density at radius 1 is 1.12 bits per heavy atom. The van der Waals surface area contributed by atoms with Gasteiger partial charge in [0, 0.05) is 31.4 Å². The number of nitrogens with zero attached hydrogens (tertiary/aromatic N) is 1. The molecule has 4 heteroatoms. The van der Waals surface area contributed by atoms with E-state index in [1.54, 1.807) is 0 Å². The van der Waals surface area contributed by atoms with Gasteiger partial charge in [0.05, 0.1) is 12.7 Å². The molecule has 0 spiro atoms. The van der Waals surface area contributed by atoms with Crippen LogP contribution in [0.3, 0.4) is 0 Å². The highest BCUT2D eigenvalue weighted by molar-refractivity contribution is 5.75. The van der Waals surface area contributed by atoms with Gasteiger partial charge in [0.25, 0.3) is 0 Å². The molecule has 1 atom stereocenters. The van der Waals surface area contributed by atoms with Crippen molar-refractivity contribution in [1.29, 1.82) is 0 Å². The molecule has 3 N–H and O–H groups in total. The van der Waals surface area contributed by atoms with Crippen molar-refractivity contribution >= 4 is 5.57 Å². The molecule has 1 saturated heterocycles. The van der Waals surface area contributed by atoms with Crippen molar-refractivity contribution < 1.29 is 10.2 Å². The Bertz CT molecular complexity index is 845. The zero-order valence-electron chi connectivity index (χ0n) is 21.0. The fourth-order valence-corrected chi connectivity index (χ4v) is 5.22. The molecule has 178 valence electrons. The first-order valence-electron chi connectivity index (χ1n) is 12.3. The van der Waals surface area contributed by atoms with Crippen LogP contribution in [0.5, 0.6) is 0 Å². The Balaban J connectivity index is 1.72. The van der Waals surface area contributed by atoms with Crippen molar-refractivity contribution in [2.24, 2.45) is 0 Å². The van der Waals surface area contributed by atoms with Crippen LogP contribution in [-0.4, -0.2) is 53.5 Å². The van der Waals surface area contributed by atoms with Gasteiger partial charge in [-0.25, -0.2) is 0 Å². The van der Waals surface area contributed by atoms with Gasteiger partial charge in [0.2, 0.25) is 0 Å². The average Bonchev–Trinajstić information content (AvgIpc) is 2.78. The van der Waals surface area contributed by atoms with Crippen molar-refractivity contribution in [2.75, 3.05) is 26.2 Å². The fraction of sp³-hybridized carbons (Fsp3) is 0.643. The number of aliphatic hydroxyl groups excluding tert-OH is 2. The molecule has 32 heavy (non-hydrogen) atoms. The second kappa shape index (κ2) is 10.1. The second-order valence-electron chi connectivity index (χ2n) is 11.1. The molecule has 1 aliphatic carbocycles. The van der Waals surface area contributed by atoms with Crippen LogP contribution in [0.4, 0.5) is 0 Å². The molecule has 1 aliphatic heterocycles. The summed E-state index contributed by atoms with van der Waals surface area (Å²) in [7, 11) is 0. The van der Waals surface area contributed by atoms with Gasteiger partial charge in [0.15, 0.2) is 0 Å². The van der Waals surface area contributed by atoms with E-state index in [1.807, 2.05) is 0 Å². The summed E-state index contributed by atoms with van der Waals surface area (Å²) >= 11 is 0. The van der Waals surface area contributed by atoms with Crippen molar-refractivity contribution in [3.8, 4) is 0 Å². The Morgan fingerprint density at radius 2 is 1.75 bits per heavy atom. The van der Waals surface area contributed by atoms with E-state index in [0.29, 0.717) is 12.6 Å². The lowest BCUT2D eigenvalue weighted by Gasteiger charge is -2.42. The number of aliphatic hydroxyl groups is 2. The lowest BCUT2D eigenvalue weighted by atomic mass is 9.63. The zero-order valence-corrected chi connectivity index (χ0v) is 21.0. The Morgan fingerprint density at radius 3 is 2.34 bits per heavy atom. The number of allylic oxidation sites excluding steroid dienone is 4. The minimum Gasteiger partial charge on any atom is -0.394 e. The van der Waals surface area contributed by atoms with Gasteiger partial charge in [0.1, 0.15) is 0 Å². The summed E-state index contributed by atoms with van der Waals surface area (Å²) in [5.74, 6) is 0. The maximum absolute atomic E-state index is 9.56. The Labute approximate surface area is 195 Å². The predicted octanol–water partition coefficient (Wildman–Crippen LogP) is 4.75. The molecular weight excluding hydrogens is 396 g/mol. The number of hydrogen-bond acceptors (Lipinski definition) is 4. The predicted molar refractivity (Wildman–Crippen MR) is 135 cm³/mol. The van der Waals surface area contributed by atoms with Gasteiger partial charge in [-0.05, 0) is 78.7 Å². The van der Waals surface area contributed by atoms with Crippen molar-refractivity contribution in [3.63, 3.8) is 0 Å². The van der Waals surface area contributed by atoms with E-state index in [2.05, 4.69) is 82.1 Å². The van der Waals surface area contributed by atoms with E-state index in [0.717, 1.165) is 25.9 Å². The van der Waals surface area contributed by atoms with Crippen molar-refractivity contribution in [2.45, 2.75) is 90.2 Å². The van der Waals surface area contributed by atoms with Crippen LogP contribution >= 0.6 is 0 Å². The smallest absolute Gasteiger partial charge is 0.0895 e. The summed E-state index contributed by atoms with van der Waals surface area (Å²) in [6.45, 7) is 16.2. The molecule has 0 amide bonds. The number of benzene rings is 1. The van der Waals surface area contributed by atoms with Crippen LogP contribution < -0.4 is 5.32 Å². The van der Waals surface area contributed by atoms with E-state index in [-0.39, 0.29) is 17.4 Å². The molecule has 0 saturated carbocycles. The number of hydrogen-bond donors (Lipinski definition) is 3. The van der Waals surface area contributed by atoms with Crippen LogP contribution in [0.1, 0.15) is 83.9 Å². The maximum atomic E-state index is 9.56. The van der Waals surface area contributed by atoms with Gasteiger partial charge in [-0.1, -0.05) is 52.0 Å². The van der Waals surface area contributed by atoms with Gasteiger partial charge in [-0.2, -0.15) is 0 Å². The third-order valence-corrected chi connectivity index (χ3v) is 7.71. The van der Waals surface area contributed by atoms with Crippen LogP contribution in [0.15, 0.2) is 36.0 Å². The second-order valence-corrected chi connectivity index (χ2v) is 11.1. The molecular formula is C28H44N2O2. The van der Waals surface area contributed by atoms with E-state index in [4.69, 9.17) is 5.11 Å². The topological polar surface area (TPSA) is 55.7 Å². The normalized spacial score (nSPS) is 22.6. The summed E-state index contributed by atoms with van der Waals surface area (Å²) in [5, 5.41) is 21.9. The highest BCUT2D eigenvalue weighted by atomic mass is 16.3. The molecule has 1 aromatic rings. The summed E-state index contributed by atoms with van der Waals surface area (Å²) in [4.78, 5) is 2.47. The van der Waals surface area contributed by atoms with Crippen LogP contribution in [0.2, 0.25) is 0 Å². The quantitative estimate of drug-likeness (QED) is 0.536. The molecule has 0 radical (unpaired) electrons. The largest absolute Gasteiger partial charge is 0.394 e. The SMILES string of the molecule is CC=C(C=C(C)N1CCC(NCC(O)CO)CC1)c1ccc2c(c1)C(C)(C)CCC2(C)C. The van der Waals surface area contributed by atoms with E-state index in [9.17, 15) is 5.11 Å². The van der Waals surface area contributed by atoms with Crippen LogP contribution in [-0.2, 0) is 10.8 Å². The molecule has 0 aromatic heterocycles. The molecule has 1 aromatic carbocycles. The first kappa shape index (κ1) is 25.0. The lowest BCUT2D eigenvalue weighted by Crippen LogP contribution is -2.44. The molecule has 2 aliphatic rings. The molecule has 1 unspecified atom stereocenters. The van der Waals surface area contributed by atoms with Gasteiger partial charge in [-0.15, -0.1) is 0 Å². The van der Waals surface area contributed by atoms with Crippen molar-refractivity contribution in [3.05, 3.63) is 52.7 Å². The standard InChI is InChI=1S/C28H44N2O2/c1-7-21(16-20(2)30-14-10-23(11-15-30)29-18-24(32)19-31)22-8-9-25-26(17-22)28(5,6)13-12-27(25,3)4/h7-9,16-17,23-24,29,31-32H,10-15,18-19H2,1-6H3. The van der Waals surface area contributed by atoms with E-state index >= 15 is 0 Å². The third kappa shape index (κ3) is 5.65. The van der Waals surface area contributed by atoms with E-state index in [1.165, 1.54) is 40.8 Å². The van der Waals surface area contributed by atoms with Crippen LogP contribution in [0, 0.1) is 0 Å². The third-order valence-electron chi connectivity index (χ3n) is 7.71. The van der Waals surface area contributed by atoms with E-state index < -0.39 is 6.10 Å². The molecule has 3 rings (SSSR count). The Kier molecular flexibility index (Phi) is 7.90. The zero-order chi connectivity index (χ0) is 23.5. The number of nitrogens with one attached hydrogen (secondary N) is 1. The molecule has 1 fully saturated rings. The Hall–Kier alpha value is -1.62. The number of likely N-dealkylation sites (tertiary alicyclic amines) is 1. The molecule has 4 nitrogen and oxygen atoms in total. The minimum atomic E-state index is -0.668.